The number of aliphatic carboxylic acids is 1. The SMILES string of the molecule is O=C(O)/C=C/c1ccc(Oc2cncc(Br)c2)cc1Cl. The largest absolute Gasteiger partial charge is 0.478 e. The summed E-state index contributed by atoms with van der Waals surface area (Å²) < 4.78 is 6.41. The van der Waals surface area contributed by atoms with Gasteiger partial charge in [0.2, 0.25) is 0 Å². The van der Waals surface area contributed by atoms with Gasteiger partial charge in [0.1, 0.15) is 11.5 Å². The fourth-order valence-corrected chi connectivity index (χ4v) is 2.03. The van der Waals surface area contributed by atoms with Crippen LogP contribution < -0.4 is 4.74 Å². The van der Waals surface area contributed by atoms with Gasteiger partial charge in [-0.15, -0.1) is 0 Å². The van der Waals surface area contributed by atoms with E-state index in [2.05, 4.69) is 20.9 Å². The number of halogens is 2. The third-order valence-corrected chi connectivity index (χ3v) is 3.05. The van der Waals surface area contributed by atoms with Gasteiger partial charge in [0.05, 0.1) is 11.2 Å². The van der Waals surface area contributed by atoms with E-state index < -0.39 is 5.97 Å². The molecule has 0 aliphatic rings. The molecule has 0 atom stereocenters. The lowest BCUT2D eigenvalue weighted by atomic mass is 10.2. The zero-order valence-electron chi connectivity index (χ0n) is 10.1. The minimum absolute atomic E-state index is 0.406. The van der Waals surface area contributed by atoms with Crippen molar-refractivity contribution in [3.8, 4) is 11.5 Å². The van der Waals surface area contributed by atoms with E-state index in [4.69, 9.17) is 21.4 Å². The van der Waals surface area contributed by atoms with Gasteiger partial charge in [0.15, 0.2) is 0 Å². The normalized spacial score (nSPS) is 10.7. The molecule has 0 bridgehead atoms. The molecule has 0 amide bonds. The van der Waals surface area contributed by atoms with E-state index in [9.17, 15) is 4.79 Å². The molecule has 0 aliphatic carbocycles. The van der Waals surface area contributed by atoms with Crippen LogP contribution in [0.5, 0.6) is 11.5 Å². The second kappa shape index (κ2) is 6.54. The van der Waals surface area contributed by atoms with Gasteiger partial charge in [-0.05, 0) is 51.8 Å². The molecule has 0 saturated heterocycles. The molecular formula is C14H9BrClNO3. The fraction of sp³-hybridized carbons (Fsp3) is 0. The van der Waals surface area contributed by atoms with Crippen LogP contribution in [0.3, 0.4) is 0 Å². The van der Waals surface area contributed by atoms with Crippen LogP contribution in [0.25, 0.3) is 6.08 Å². The molecule has 6 heteroatoms. The summed E-state index contributed by atoms with van der Waals surface area (Å²) in [5.41, 5.74) is 0.605. The molecule has 2 aromatic rings. The molecule has 0 spiro atoms. The fourth-order valence-electron chi connectivity index (χ4n) is 1.45. The standard InChI is InChI=1S/C14H9BrClNO3/c15-10-5-12(8-17-7-10)20-11-3-1-9(13(16)6-11)2-4-14(18)19/h1-8H,(H,18,19)/b4-2+. The highest BCUT2D eigenvalue weighted by atomic mass is 79.9. The summed E-state index contributed by atoms with van der Waals surface area (Å²) >= 11 is 9.36. The molecule has 0 saturated carbocycles. The maximum Gasteiger partial charge on any atom is 0.328 e. The Balaban J connectivity index is 2.19. The van der Waals surface area contributed by atoms with Gasteiger partial charge in [-0.25, -0.2) is 4.79 Å². The van der Waals surface area contributed by atoms with Crippen molar-refractivity contribution in [2.24, 2.45) is 0 Å². The van der Waals surface area contributed by atoms with Crippen LogP contribution in [-0.2, 0) is 4.79 Å². The van der Waals surface area contributed by atoms with Crippen molar-refractivity contribution in [1.82, 2.24) is 4.98 Å². The first-order chi connectivity index (χ1) is 9.54. The van der Waals surface area contributed by atoms with E-state index in [1.807, 2.05) is 0 Å². The van der Waals surface area contributed by atoms with Gasteiger partial charge < -0.3 is 9.84 Å². The van der Waals surface area contributed by atoms with Crippen molar-refractivity contribution in [3.63, 3.8) is 0 Å². The zero-order chi connectivity index (χ0) is 14.5. The van der Waals surface area contributed by atoms with Crippen LogP contribution in [-0.4, -0.2) is 16.1 Å². The highest BCUT2D eigenvalue weighted by Crippen LogP contribution is 2.28. The van der Waals surface area contributed by atoms with Gasteiger partial charge in [0.25, 0.3) is 0 Å². The van der Waals surface area contributed by atoms with Crippen molar-refractivity contribution >= 4 is 39.6 Å². The number of pyridine rings is 1. The Hall–Kier alpha value is -1.85. The molecule has 0 unspecified atom stereocenters. The van der Waals surface area contributed by atoms with E-state index in [0.717, 1.165) is 10.5 Å². The number of rotatable bonds is 4. The molecule has 102 valence electrons. The molecule has 20 heavy (non-hydrogen) atoms. The molecule has 0 fully saturated rings. The van der Waals surface area contributed by atoms with Crippen molar-refractivity contribution in [2.75, 3.05) is 0 Å². The topological polar surface area (TPSA) is 59.4 Å². The van der Waals surface area contributed by atoms with Gasteiger partial charge in [-0.1, -0.05) is 11.6 Å². The molecular weight excluding hydrogens is 346 g/mol. The first kappa shape index (κ1) is 14.6. The third-order valence-electron chi connectivity index (χ3n) is 2.29. The van der Waals surface area contributed by atoms with Crippen molar-refractivity contribution in [2.45, 2.75) is 0 Å². The first-order valence-corrected chi connectivity index (χ1v) is 6.70. The summed E-state index contributed by atoms with van der Waals surface area (Å²) in [6.07, 6.45) is 5.69. The van der Waals surface area contributed by atoms with Crippen LogP contribution in [0, 0.1) is 0 Å². The molecule has 1 aromatic heterocycles. The van der Waals surface area contributed by atoms with Gasteiger partial charge in [-0.2, -0.15) is 0 Å². The maximum absolute atomic E-state index is 10.5. The van der Waals surface area contributed by atoms with E-state index in [-0.39, 0.29) is 0 Å². The van der Waals surface area contributed by atoms with Crippen LogP contribution in [0.4, 0.5) is 0 Å². The number of carboxylic acids is 1. The number of carboxylic acid groups (broad SMARTS) is 1. The number of carbonyl (C=O) groups is 1. The summed E-state index contributed by atoms with van der Waals surface area (Å²) in [4.78, 5) is 14.4. The smallest absolute Gasteiger partial charge is 0.328 e. The van der Waals surface area contributed by atoms with E-state index in [1.54, 1.807) is 36.7 Å². The lowest BCUT2D eigenvalue weighted by molar-refractivity contribution is -0.131. The average molecular weight is 355 g/mol. The van der Waals surface area contributed by atoms with Crippen LogP contribution in [0.1, 0.15) is 5.56 Å². The Kier molecular flexibility index (Phi) is 4.76. The summed E-state index contributed by atoms with van der Waals surface area (Å²) in [5, 5.41) is 8.98. The number of benzene rings is 1. The number of hydrogen-bond acceptors (Lipinski definition) is 3. The summed E-state index contributed by atoms with van der Waals surface area (Å²) in [6.45, 7) is 0. The molecule has 0 radical (unpaired) electrons. The third kappa shape index (κ3) is 4.08. The first-order valence-electron chi connectivity index (χ1n) is 5.53. The minimum atomic E-state index is -1.03. The quantitative estimate of drug-likeness (QED) is 0.827. The van der Waals surface area contributed by atoms with Crippen molar-refractivity contribution in [1.29, 1.82) is 0 Å². The molecule has 1 heterocycles. The van der Waals surface area contributed by atoms with E-state index in [0.29, 0.717) is 22.1 Å². The second-order valence-corrected chi connectivity index (χ2v) is 5.12. The maximum atomic E-state index is 10.5. The lowest BCUT2D eigenvalue weighted by Crippen LogP contribution is -1.88. The molecule has 1 N–H and O–H groups in total. The summed E-state index contributed by atoms with van der Waals surface area (Å²) in [5.74, 6) is 0.0910. The van der Waals surface area contributed by atoms with Crippen LogP contribution >= 0.6 is 27.5 Å². The number of aromatic nitrogens is 1. The van der Waals surface area contributed by atoms with Crippen molar-refractivity contribution in [3.05, 3.63) is 57.8 Å². The molecule has 2 rings (SSSR count). The van der Waals surface area contributed by atoms with Crippen LogP contribution in [0.15, 0.2) is 47.2 Å². The Morgan fingerprint density at radius 1 is 1.30 bits per heavy atom. The number of nitrogens with zero attached hydrogens (tertiary/aromatic N) is 1. The predicted molar refractivity (Wildman–Crippen MR) is 80.1 cm³/mol. The number of hydrogen-bond donors (Lipinski definition) is 1. The second-order valence-electron chi connectivity index (χ2n) is 3.80. The summed E-state index contributed by atoms with van der Waals surface area (Å²) in [7, 11) is 0. The Morgan fingerprint density at radius 2 is 2.10 bits per heavy atom. The van der Waals surface area contributed by atoms with Gasteiger partial charge >= 0.3 is 5.97 Å². The Bertz CT molecular complexity index is 673. The van der Waals surface area contributed by atoms with E-state index in [1.165, 1.54) is 6.08 Å². The Labute approximate surface area is 128 Å². The highest BCUT2D eigenvalue weighted by Gasteiger charge is 2.03. The van der Waals surface area contributed by atoms with Gasteiger partial charge in [0, 0.05) is 16.7 Å². The zero-order valence-corrected chi connectivity index (χ0v) is 12.4. The highest BCUT2D eigenvalue weighted by molar-refractivity contribution is 9.10. The molecule has 4 nitrogen and oxygen atoms in total. The average Bonchev–Trinajstić information content (AvgIpc) is 2.37. The predicted octanol–water partition coefficient (Wildman–Crippen LogP) is 4.39. The lowest BCUT2D eigenvalue weighted by Gasteiger charge is -2.07. The summed E-state index contributed by atoms with van der Waals surface area (Å²) in [6, 6.07) is 6.78. The Morgan fingerprint density at radius 3 is 2.75 bits per heavy atom. The van der Waals surface area contributed by atoms with Gasteiger partial charge in [-0.3, -0.25) is 4.98 Å². The molecule has 1 aromatic carbocycles. The molecule has 0 aliphatic heterocycles. The number of ether oxygens (including phenoxy) is 1. The van der Waals surface area contributed by atoms with Crippen molar-refractivity contribution < 1.29 is 14.6 Å². The van der Waals surface area contributed by atoms with Crippen LogP contribution in [0.2, 0.25) is 5.02 Å². The van der Waals surface area contributed by atoms with E-state index >= 15 is 0 Å². The minimum Gasteiger partial charge on any atom is -0.478 e. The monoisotopic (exact) mass is 353 g/mol.